The van der Waals surface area contributed by atoms with E-state index in [4.69, 9.17) is 23.2 Å². The van der Waals surface area contributed by atoms with Crippen molar-refractivity contribution in [1.82, 2.24) is 9.73 Å². The molecule has 9 heteroatoms. The molecule has 0 aromatic heterocycles. The molecule has 3 aromatic carbocycles. The quantitative estimate of drug-likeness (QED) is 0.357. The molecule has 0 atom stereocenters. The van der Waals surface area contributed by atoms with Crippen LogP contribution in [0, 0.1) is 0 Å². The standard InChI is InChI=1S/C23H21Cl2N3O3S/c24-20-8-6-19(7-9-20)16-26-27-23(29)17-28(15-14-18-4-2-1-3-5-18)32(30,31)22-12-10-21(25)11-13-22/h1-13,16H,14-15,17H2,(H,27,29)/b26-16-. The maximum Gasteiger partial charge on any atom is 0.255 e. The fourth-order valence-corrected chi connectivity index (χ4v) is 4.51. The number of hydrogen-bond donors (Lipinski definition) is 1. The van der Waals surface area contributed by atoms with Crippen LogP contribution in [0.1, 0.15) is 11.1 Å². The summed E-state index contributed by atoms with van der Waals surface area (Å²) in [6, 6.07) is 22.2. The predicted molar refractivity (Wildman–Crippen MR) is 128 cm³/mol. The van der Waals surface area contributed by atoms with Gasteiger partial charge in [0.1, 0.15) is 0 Å². The van der Waals surface area contributed by atoms with Crippen molar-refractivity contribution in [3.8, 4) is 0 Å². The van der Waals surface area contributed by atoms with Crippen LogP contribution in [-0.4, -0.2) is 37.9 Å². The summed E-state index contributed by atoms with van der Waals surface area (Å²) < 4.78 is 27.5. The number of carbonyl (C=O) groups excluding carboxylic acids is 1. The van der Waals surface area contributed by atoms with Crippen molar-refractivity contribution >= 4 is 45.3 Å². The Morgan fingerprint density at radius 3 is 2.12 bits per heavy atom. The lowest BCUT2D eigenvalue weighted by Gasteiger charge is -2.21. The van der Waals surface area contributed by atoms with Gasteiger partial charge in [0.15, 0.2) is 0 Å². The number of halogens is 2. The Bertz CT molecular complexity index is 1170. The second-order valence-electron chi connectivity index (χ2n) is 6.87. The van der Waals surface area contributed by atoms with E-state index in [2.05, 4.69) is 10.5 Å². The Balaban J connectivity index is 1.72. The number of hydrogen-bond acceptors (Lipinski definition) is 4. The molecule has 0 bridgehead atoms. The number of nitrogens with one attached hydrogen (secondary N) is 1. The smallest absolute Gasteiger partial charge is 0.255 e. The molecule has 0 unspecified atom stereocenters. The van der Waals surface area contributed by atoms with Gasteiger partial charge in [0, 0.05) is 16.6 Å². The Hall–Kier alpha value is -2.71. The van der Waals surface area contributed by atoms with Crippen molar-refractivity contribution < 1.29 is 13.2 Å². The summed E-state index contributed by atoms with van der Waals surface area (Å²) in [7, 11) is -3.92. The van der Waals surface area contributed by atoms with Crippen molar-refractivity contribution in [2.24, 2.45) is 5.10 Å². The predicted octanol–water partition coefficient (Wildman–Crippen LogP) is 4.38. The Kier molecular flexibility index (Phi) is 8.41. The summed E-state index contributed by atoms with van der Waals surface area (Å²) in [6.45, 7) is -0.251. The van der Waals surface area contributed by atoms with Gasteiger partial charge >= 0.3 is 0 Å². The van der Waals surface area contributed by atoms with E-state index in [0.717, 1.165) is 15.4 Å². The van der Waals surface area contributed by atoms with Crippen LogP contribution in [-0.2, 0) is 21.2 Å². The third-order valence-electron chi connectivity index (χ3n) is 4.54. The molecular weight excluding hydrogens is 469 g/mol. The topological polar surface area (TPSA) is 78.8 Å². The molecular formula is C23H21Cl2N3O3S. The molecule has 0 spiro atoms. The third-order valence-corrected chi connectivity index (χ3v) is 6.90. The highest BCUT2D eigenvalue weighted by atomic mass is 35.5. The van der Waals surface area contributed by atoms with Crippen molar-refractivity contribution in [2.45, 2.75) is 11.3 Å². The minimum absolute atomic E-state index is 0.0624. The van der Waals surface area contributed by atoms with Crippen molar-refractivity contribution in [1.29, 1.82) is 0 Å². The highest BCUT2D eigenvalue weighted by Crippen LogP contribution is 2.19. The SMILES string of the molecule is O=C(CN(CCc1ccccc1)S(=O)(=O)c1ccc(Cl)cc1)N/N=C\c1ccc(Cl)cc1. The monoisotopic (exact) mass is 489 g/mol. The van der Waals surface area contributed by atoms with E-state index in [0.29, 0.717) is 16.5 Å². The van der Waals surface area contributed by atoms with Crippen molar-refractivity contribution in [3.05, 3.63) is 100 Å². The van der Waals surface area contributed by atoms with Gasteiger partial charge in [-0.2, -0.15) is 9.41 Å². The molecule has 1 amide bonds. The van der Waals surface area contributed by atoms with Gasteiger partial charge < -0.3 is 0 Å². The number of benzene rings is 3. The molecule has 0 heterocycles. The molecule has 0 aliphatic heterocycles. The van der Waals surface area contributed by atoms with Crippen molar-refractivity contribution in [2.75, 3.05) is 13.1 Å². The highest BCUT2D eigenvalue weighted by Gasteiger charge is 2.26. The van der Waals surface area contributed by atoms with E-state index in [1.165, 1.54) is 30.5 Å². The van der Waals surface area contributed by atoms with Gasteiger partial charge in [-0.1, -0.05) is 65.7 Å². The zero-order chi connectivity index (χ0) is 23.0. The summed E-state index contributed by atoms with van der Waals surface area (Å²) in [4.78, 5) is 12.5. The van der Waals surface area contributed by atoms with Gasteiger partial charge in [0.2, 0.25) is 10.0 Å². The second kappa shape index (κ2) is 11.2. The first-order valence-corrected chi connectivity index (χ1v) is 11.9. The first kappa shape index (κ1) is 23.9. The van der Waals surface area contributed by atoms with Crippen LogP contribution in [0.5, 0.6) is 0 Å². The number of carbonyl (C=O) groups is 1. The van der Waals surface area contributed by atoms with Crippen LogP contribution in [0.15, 0.2) is 88.9 Å². The van der Waals surface area contributed by atoms with E-state index in [1.807, 2.05) is 30.3 Å². The summed E-state index contributed by atoms with van der Waals surface area (Å²) in [5, 5.41) is 4.92. The Morgan fingerprint density at radius 2 is 1.50 bits per heavy atom. The molecule has 166 valence electrons. The van der Waals surface area contributed by atoms with Gasteiger partial charge in [0.25, 0.3) is 5.91 Å². The average Bonchev–Trinajstić information content (AvgIpc) is 2.79. The van der Waals surface area contributed by atoms with Crippen LogP contribution in [0.25, 0.3) is 0 Å². The lowest BCUT2D eigenvalue weighted by Crippen LogP contribution is -2.40. The van der Waals surface area contributed by atoms with Crippen LogP contribution in [0.3, 0.4) is 0 Å². The summed E-state index contributed by atoms with van der Waals surface area (Å²) in [6.07, 6.45) is 1.91. The van der Waals surface area contributed by atoms with Crippen LogP contribution in [0.2, 0.25) is 10.0 Å². The fraction of sp³-hybridized carbons (Fsp3) is 0.130. The third kappa shape index (κ3) is 6.90. The van der Waals surface area contributed by atoms with Gasteiger partial charge in [-0.05, 0) is 53.9 Å². The molecule has 0 saturated heterocycles. The number of nitrogens with zero attached hydrogens (tertiary/aromatic N) is 2. The minimum Gasteiger partial charge on any atom is -0.272 e. The largest absolute Gasteiger partial charge is 0.272 e. The van der Waals surface area contributed by atoms with Crippen molar-refractivity contribution in [3.63, 3.8) is 0 Å². The van der Waals surface area contributed by atoms with Gasteiger partial charge in [-0.25, -0.2) is 13.8 Å². The number of sulfonamides is 1. The molecule has 32 heavy (non-hydrogen) atoms. The first-order valence-electron chi connectivity index (χ1n) is 9.72. The molecule has 0 saturated carbocycles. The first-order chi connectivity index (χ1) is 15.3. The van der Waals surface area contributed by atoms with Crippen LogP contribution in [0.4, 0.5) is 0 Å². The Labute approximate surface area is 197 Å². The van der Waals surface area contributed by atoms with E-state index in [9.17, 15) is 13.2 Å². The normalized spacial score (nSPS) is 11.7. The summed E-state index contributed by atoms with van der Waals surface area (Å²) >= 11 is 11.7. The molecule has 0 aliphatic rings. The zero-order valence-corrected chi connectivity index (χ0v) is 19.3. The number of rotatable bonds is 9. The molecule has 1 N–H and O–H groups in total. The van der Waals surface area contributed by atoms with Gasteiger partial charge in [-0.15, -0.1) is 0 Å². The van der Waals surface area contributed by atoms with E-state index in [1.54, 1.807) is 24.3 Å². The minimum atomic E-state index is -3.92. The lowest BCUT2D eigenvalue weighted by molar-refractivity contribution is -0.121. The Morgan fingerprint density at radius 1 is 0.906 bits per heavy atom. The van der Waals surface area contributed by atoms with Gasteiger partial charge in [-0.3, -0.25) is 4.79 Å². The molecule has 3 aromatic rings. The van der Waals surface area contributed by atoms with Gasteiger partial charge in [0.05, 0.1) is 17.7 Å². The van der Waals surface area contributed by atoms with E-state index in [-0.39, 0.29) is 18.0 Å². The average molecular weight is 490 g/mol. The number of hydrazone groups is 1. The van der Waals surface area contributed by atoms with E-state index < -0.39 is 15.9 Å². The van der Waals surface area contributed by atoms with Crippen LogP contribution < -0.4 is 5.43 Å². The summed E-state index contributed by atoms with van der Waals surface area (Å²) in [5.41, 5.74) is 4.08. The fourth-order valence-electron chi connectivity index (χ4n) is 2.86. The molecule has 0 fully saturated rings. The molecule has 0 radical (unpaired) electrons. The highest BCUT2D eigenvalue weighted by molar-refractivity contribution is 7.89. The molecule has 3 rings (SSSR count). The molecule has 0 aliphatic carbocycles. The second-order valence-corrected chi connectivity index (χ2v) is 9.68. The molecule has 6 nitrogen and oxygen atoms in total. The number of amides is 1. The maximum atomic E-state index is 13.2. The summed E-state index contributed by atoms with van der Waals surface area (Å²) in [5.74, 6) is -0.555. The lowest BCUT2D eigenvalue weighted by atomic mass is 10.1. The maximum absolute atomic E-state index is 13.2. The van der Waals surface area contributed by atoms with Crippen LogP contribution >= 0.6 is 23.2 Å². The zero-order valence-electron chi connectivity index (χ0n) is 17.0. The van der Waals surface area contributed by atoms with E-state index >= 15 is 0 Å².